The molecule has 0 saturated heterocycles. The molecule has 0 unspecified atom stereocenters. The predicted octanol–water partition coefficient (Wildman–Crippen LogP) is 3.49. The number of nitrogens with one attached hydrogen (secondary N) is 2. The summed E-state index contributed by atoms with van der Waals surface area (Å²) in [7, 11) is 1.55. The normalized spacial score (nSPS) is 10.0. The quantitative estimate of drug-likeness (QED) is 0.758. The molecular formula is C16H18ClN3O3. The number of carbonyl (C=O) groups is 1. The SMILES string of the molecule is COc1cnc(NC(=O)OCc2ccccc2)c(NCCCl)c1. The Balaban J connectivity index is 1.98. The van der Waals surface area contributed by atoms with Crippen LogP contribution in [0.25, 0.3) is 0 Å². The first-order valence-corrected chi connectivity index (χ1v) is 7.58. The minimum absolute atomic E-state index is 0.188. The molecule has 0 aliphatic rings. The van der Waals surface area contributed by atoms with Gasteiger partial charge in [0.05, 0.1) is 19.0 Å². The minimum Gasteiger partial charge on any atom is -0.495 e. The number of carbonyl (C=O) groups excluding carboxylic acids is 1. The summed E-state index contributed by atoms with van der Waals surface area (Å²) in [4.78, 5) is 16.1. The highest BCUT2D eigenvalue weighted by atomic mass is 35.5. The molecule has 1 aromatic carbocycles. The van der Waals surface area contributed by atoms with Gasteiger partial charge in [-0.2, -0.15) is 0 Å². The maximum absolute atomic E-state index is 11.9. The molecule has 7 heteroatoms. The number of alkyl halides is 1. The van der Waals surface area contributed by atoms with Crippen LogP contribution in [0.2, 0.25) is 0 Å². The smallest absolute Gasteiger partial charge is 0.413 e. The van der Waals surface area contributed by atoms with E-state index >= 15 is 0 Å². The maximum Gasteiger partial charge on any atom is 0.413 e. The fraction of sp³-hybridized carbons (Fsp3) is 0.250. The molecule has 1 heterocycles. The molecular weight excluding hydrogens is 318 g/mol. The highest BCUT2D eigenvalue weighted by Gasteiger charge is 2.10. The third-order valence-corrected chi connectivity index (χ3v) is 3.13. The number of methoxy groups -OCH3 is 1. The van der Waals surface area contributed by atoms with E-state index in [1.807, 2.05) is 30.3 Å². The van der Waals surface area contributed by atoms with Gasteiger partial charge in [0, 0.05) is 18.5 Å². The Morgan fingerprint density at radius 1 is 1.30 bits per heavy atom. The topological polar surface area (TPSA) is 72.5 Å². The highest BCUT2D eigenvalue weighted by molar-refractivity contribution is 6.18. The van der Waals surface area contributed by atoms with Crippen molar-refractivity contribution in [2.75, 3.05) is 30.2 Å². The number of halogens is 1. The molecule has 2 rings (SSSR count). The van der Waals surface area contributed by atoms with Crippen molar-refractivity contribution in [2.45, 2.75) is 6.61 Å². The van der Waals surface area contributed by atoms with Gasteiger partial charge < -0.3 is 14.8 Å². The zero-order valence-corrected chi connectivity index (χ0v) is 13.5. The molecule has 23 heavy (non-hydrogen) atoms. The highest BCUT2D eigenvalue weighted by Crippen LogP contribution is 2.24. The molecule has 1 aromatic heterocycles. The van der Waals surface area contributed by atoms with Gasteiger partial charge in [0.25, 0.3) is 0 Å². The predicted molar refractivity (Wildman–Crippen MR) is 90.2 cm³/mol. The van der Waals surface area contributed by atoms with Gasteiger partial charge in [-0.3, -0.25) is 5.32 Å². The van der Waals surface area contributed by atoms with Crippen LogP contribution in [0.5, 0.6) is 5.75 Å². The van der Waals surface area contributed by atoms with Crippen molar-refractivity contribution in [2.24, 2.45) is 0 Å². The number of ether oxygens (including phenoxy) is 2. The van der Waals surface area contributed by atoms with E-state index in [9.17, 15) is 4.79 Å². The van der Waals surface area contributed by atoms with Crippen molar-refractivity contribution in [3.63, 3.8) is 0 Å². The lowest BCUT2D eigenvalue weighted by atomic mass is 10.2. The molecule has 2 aromatic rings. The summed E-state index contributed by atoms with van der Waals surface area (Å²) in [6.07, 6.45) is 0.930. The Bertz CT molecular complexity index is 638. The van der Waals surface area contributed by atoms with Gasteiger partial charge >= 0.3 is 6.09 Å². The number of rotatable bonds is 7. The van der Waals surface area contributed by atoms with E-state index in [1.54, 1.807) is 13.2 Å². The zero-order chi connectivity index (χ0) is 16.5. The van der Waals surface area contributed by atoms with Gasteiger partial charge in [0.1, 0.15) is 12.4 Å². The first kappa shape index (κ1) is 16.9. The molecule has 6 nitrogen and oxygen atoms in total. The van der Waals surface area contributed by atoms with Crippen molar-refractivity contribution in [3.05, 3.63) is 48.2 Å². The summed E-state index contributed by atoms with van der Waals surface area (Å²) < 4.78 is 10.3. The number of nitrogens with zero attached hydrogens (tertiary/aromatic N) is 1. The second-order valence-electron chi connectivity index (χ2n) is 4.57. The Morgan fingerprint density at radius 2 is 2.09 bits per heavy atom. The summed E-state index contributed by atoms with van der Waals surface area (Å²) in [6.45, 7) is 0.720. The van der Waals surface area contributed by atoms with Crippen LogP contribution in [0.4, 0.5) is 16.3 Å². The fourth-order valence-corrected chi connectivity index (χ4v) is 1.92. The van der Waals surface area contributed by atoms with E-state index < -0.39 is 6.09 Å². The summed E-state index contributed by atoms with van der Waals surface area (Å²) in [5.41, 5.74) is 1.52. The molecule has 2 N–H and O–H groups in total. The van der Waals surface area contributed by atoms with E-state index in [-0.39, 0.29) is 6.61 Å². The van der Waals surface area contributed by atoms with Crippen LogP contribution in [0, 0.1) is 0 Å². The Labute approximate surface area is 139 Å². The van der Waals surface area contributed by atoms with Gasteiger partial charge in [-0.25, -0.2) is 9.78 Å². The number of hydrogen-bond donors (Lipinski definition) is 2. The third-order valence-electron chi connectivity index (χ3n) is 2.94. The average Bonchev–Trinajstić information content (AvgIpc) is 2.60. The van der Waals surface area contributed by atoms with Crippen molar-refractivity contribution >= 4 is 29.2 Å². The maximum atomic E-state index is 11.9. The van der Waals surface area contributed by atoms with E-state index in [4.69, 9.17) is 21.1 Å². The molecule has 0 atom stereocenters. The van der Waals surface area contributed by atoms with Gasteiger partial charge in [0.2, 0.25) is 0 Å². The van der Waals surface area contributed by atoms with Crippen LogP contribution in [-0.2, 0) is 11.3 Å². The first-order valence-electron chi connectivity index (χ1n) is 7.04. The zero-order valence-electron chi connectivity index (χ0n) is 12.7. The molecule has 1 amide bonds. The van der Waals surface area contributed by atoms with Gasteiger partial charge in [-0.05, 0) is 5.56 Å². The summed E-state index contributed by atoms with van der Waals surface area (Å²) >= 11 is 5.67. The molecule has 0 fully saturated rings. The van der Waals surface area contributed by atoms with Crippen LogP contribution in [0.15, 0.2) is 42.6 Å². The number of anilines is 2. The summed E-state index contributed by atoms with van der Waals surface area (Å²) in [6, 6.07) is 11.2. The molecule has 0 saturated carbocycles. The summed E-state index contributed by atoms with van der Waals surface area (Å²) in [5, 5.41) is 5.68. The fourth-order valence-electron chi connectivity index (χ4n) is 1.83. The van der Waals surface area contributed by atoms with Crippen LogP contribution >= 0.6 is 11.6 Å². The van der Waals surface area contributed by atoms with E-state index in [0.717, 1.165) is 5.56 Å². The van der Waals surface area contributed by atoms with Crippen molar-refractivity contribution in [3.8, 4) is 5.75 Å². The lowest BCUT2D eigenvalue weighted by Gasteiger charge is -2.13. The standard InChI is InChI=1S/C16H18ClN3O3/c1-22-13-9-14(18-8-7-17)15(19-10-13)20-16(21)23-11-12-5-3-2-4-6-12/h2-6,9-10,18H,7-8,11H2,1H3,(H,19,20,21). The van der Waals surface area contributed by atoms with Crippen LogP contribution in [-0.4, -0.2) is 30.6 Å². The van der Waals surface area contributed by atoms with E-state index in [1.165, 1.54) is 6.20 Å². The third kappa shape index (κ3) is 5.34. The Hall–Kier alpha value is -2.47. The molecule has 0 radical (unpaired) electrons. The number of amides is 1. The van der Waals surface area contributed by atoms with E-state index in [2.05, 4.69) is 15.6 Å². The van der Waals surface area contributed by atoms with Crippen LogP contribution in [0.1, 0.15) is 5.56 Å². The average molecular weight is 336 g/mol. The van der Waals surface area contributed by atoms with Gasteiger partial charge in [-0.15, -0.1) is 11.6 Å². The Morgan fingerprint density at radius 3 is 2.78 bits per heavy atom. The van der Waals surface area contributed by atoms with Gasteiger partial charge in [-0.1, -0.05) is 30.3 Å². The lowest BCUT2D eigenvalue weighted by molar-refractivity contribution is 0.155. The number of aromatic nitrogens is 1. The monoisotopic (exact) mass is 335 g/mol. The largest absolute Gasteiger partial charge is 0.495 e. The molecule has 0 bridgehead atoms. The number of benzene rings is 1. The van der Waals surface area contributed by atoms with Crippen molar-refractivity contribution < 1.29 is 14.3 Å². The minimum atomic E-state index is -0.583. The molecule has 122 valence electrons. The van der Waals surface area contributed by atoms with Gasteiger partial charge in [0.15, 0.2) is 5.82 Å². The van der Waals surface area contributed by atoms with E-state index in [0.29, 0.717) is 29.7 Å². The lowest BCUT2D eigenvalue weighted by Crippen LogP contribution is -2.16. The molecule has 0 aliphatic carbocycles. The van der Waals surface area contributed by atoms with Crippen molar-refractivity contribution in [1.82, 2.24) is 4.98 Å². The Kier molecular flexibility index (Phi) is 6.50. The molecule has 0 spiro atoms. The molecule has 0 aliphatic heterocycles. The second-order valence-corrected chi connectivity index (χ2v) is 4.95. The first-order chi connectivity index (χ1) is 11.2. The summed E-state index contributed by atoms with van der Waals surface area (Å²) in [5.74, 6) is 1.36. The van der Waals surface area contributed by atoms with Crippen molar-refractivity contribution in [1.29, 1.82) is 0 Å². The second kappa shape index (κ2) is 8.85. The number of pyridine rings is 1. The number of hydrogen-bond acceptors (Lipinski definition) is 5. The van der Waals surface area contributed by atoms with Crippen LogP contribution < -0.4 is 15.4 Å². The van der Waals surface area contributed by atoms with Crippen LogP contribution in [0.3, 0.4) is 0 Å².